The Balaban J connectivity index is 0.876. The van der Waals surface area contributed by atoms with Crippen LogP contribution in [0.2, 0.25) is 0 Å². The van der Waals surface area contributed by atoms with E-state index in [1.165, 1.54) is 93.7 Å². The summed E-state index contributed by atoms with van der Waals surface area (Å²) in [5.41, 5.74) is 25.1. The summed E-state index contributed by atoms with van der Waals surface area (Å²) in [6.07, 6.45) is 0. The van der Waals surface area contributed by atoms with Crippen molar-refractivity contribution in [1.82, 2.24) is 9.13 Å². The van der Waals surface area contributed by atoms with Crippen LogP contribution in [0.5, 0.6) is 0 Å². The molecular formula is C75H53N3. The molecule has 78 heavy (non-hydrogen) atoms. The van der Waals surface area contributed by atoms with Gasteiger partial charge in [0.15, 0.2) is 0 Å². The minimum atomic E-state index is -0.0651. The van der Waals surface area contributed by atoms with Gasteiger partial charge in [-0.15, -0.1) is 0 Å². The van der Waals surface area contributed by atoms with E-state index in [-0.39, 0.29) is 5.41 Å². The van der Waals surface area contributed by atoms with Crippen LogP contribution < -0.4 is 4.90 Å². The van der Waals surface area contributed by atoms with Gasteiger partial charge in [0.25, 0.3) is 0 Å². The number of para-hydroxylation sites is 4. The Kier molecular flexibility index (Phi) is 10.6. The van der Waals surface area contributed by atoms with E-state index in [1.54, 1.807) is 0 Å². The second-order valence-electron chi connectivity index (χ2n) is 21.3. The zero-order chi connectivity index (χ0) is 51.9. The van der Waals surface area contributed by atoms with Gasteiger partial charge >= 0.3 is 0 Å². The molecule has 368 valence electrons. The minimum absolute atomic E-state index is 0.0651. The number of rotatable bonds is 9. The standard InChI is InChI=1S/C75H53N3/c1-75(2)69-27-15-12-24-63(69)66-49-62(40-41-70(66)75)76(58-20-8-4-9-21-58)60-36-32-52(33-37-60)55-44-56(53-34-42-73-67(47-53)64-25-13-16-28-71(64)77(73)59-22-10-5-11-23-59)46-57(45-55)54-35-43-74-68(48-54)65-26-14-17-29-72(65)78(74)61-38-30-51(31-39-61)50-18-6-3-7-19-50/h3-49H,1-2H3. The van der Waals surface area contributed by atoms with Gasteiger partial charge in [-0.1, -0.05) is 184 Å². The van der Waals surface area contributed by atoms with Gasteiger partial charge in [-0.3, -0.25) is 0 Å². The first-order valence-electron chi connectivity index (χ1n) is 27.1. The van der Waals surface area contributed by atoms with Gasteiger partial charge in [-0.2, -0.15) is 0 Å². The lowest BCUT2D eigenvalue weighted by molar-refractivity contribution is 0.660. The third-order valence-corrected chi connectivity index (χ3v) is 16.5. The van der Waals surface area contributed by atoms with Gasteiger partial charge < -0.3 is 14.0 Å². The highest BCUT2D eigenvalue weighted by Crippen LogP contribution is 2.51. The van der Waals surface area contributed by atoms with Gasteiger partial charge in [0.1, 0.15) is 0 Å². The van der Waals surface area contributed by atoms with E-state index in [4.69, 9.17) is 0 Å². The van der Waals surface area contributed by atoms with Crippen LogP contribution in [0.25, 0.3) is 111 Å². The van der Waals surface area contributed by atoms with Crippen molar-refractivity contribution < 1.29 is 0 Å². The second-order valence-corrected chi connectivity index (χ2v) is 21.3. The molecule has 14 aromatic rings. The highest BCUT2D eigenvalue weighted by atomic mass is 15.1. The first-order valence-corrected chi connectivity index (χ1v) is 27.1. The Morgan fingerprint density at radius 3 is 1.28 bits per heavy atom. The number of benzene rings is 12. The molecule has 15 rings (SSSR count). The predicted molar refractivity (Wildman–Crippen MR) is 329 cm³/mol. The molecule has 0 atom stereocenters. The van der Waals surface area contributed by atoms with Crippen molar-refractivity contribution in [2.45, 2.75) is 19.3 Å². The summed E-state index contributed by atoms with van der Waals surface area (Å²) in [6.45, 7) is 4.69. The van der Waals surface area contributed by atoms with Crippen molar-refractivity contribution in [3.05, 3.63) is 296 Å². The Morgan fingerprint density at radius 2 is 0.667 bits per heavy atom. The van der Waals surface area contributed by atoms with Gasteiger partial charge in [0, 0.05) is 55.4 Å². The van der Waals surface area contributed by atoms with E-state index < -0.39 is 0 Å². The molecule has 3 heteroatoms. The SMILES string of the molecule is CC1(C)c2ccccc2-c2cc(N(c3ccccc3)c3ccc(-c4cc(-c5ccc6c(c5)c5ccccc5n6-c5ccccc5)cc(-c5ccc6c(c5)c5ccccc5n6-c5ccc(-c6ccccc6)cc5)c4)cc3)ccc21. The second kappa shape index (κ2) is 18.1. The number of nitrogens with zero attached hydrogens (tertiary/aromatic N) is 3. The van der Waals surface area contributed by atoms with Crippen LogP contribution in [-0.4, -0.2) is 9.13 Å². The lowest BCUT2D eigenvalue weighted by Gasteiger charge is -2.27. The molecule has 0 saturated heterocycles. The average molecular weight is 996 g/mol. The smallest absolute Gasteiger partial charge is 0.0541 e. The minimum Gasteiger partial charge on any atom is -0.310 e. The molecule has 0 unspecified atom stereocenters. The molecule has 0 fully saturated rings. The summed E-state index contributed by atoms with van der Waals surface area (Å²) >= 11 is 0. The summed E-state index contributed by atoms with van der Waals surface area (Å²) in [5.74, 6) is 0. The molecule has 0 spiro atoms. The van der Waals surface area contributed by atoms with Gasteiger partial charge in [0.05, 0.1) is 22.1 Å². The Morgan fingerprint density at radius 1 is 0.256 bits per heavy atom. The van der Waals surface area contributed by atoms with Crippen molar-refractivity contribution in [3.8, 4) is 67.0 Å². The van der Waals surface area contributed by atoms with Crippen molar-refractivity contribution >= 4 is 60.7 Å². The monoisotopic (exact) mass is 995 g/mol. The molecule has 2 heterocycles. The maximum absolute atomic E-state index is 2.41. The summed E-state index contributed by atoms with van der Waals surface area (Å²) < 4.78 is 4.80. The van der Waals surface area contributed by atoms with Crippen LogP contribution in [-0.2, 0) is 5.41 Å². The maximum Gasteiger partial charge on any atom is 0.0541 e. The fraction of sp³-hybridized carbons (Fsp3) is 0.0400. The predicted octanol–water partition coefficient (Wildman–Crippen LogP) is 20.3. The number of hydrogen-bond acceptors (Lipinski definition) is 1. The summed E-state index contributed by atoms with van der Waals surface area (Å²) in [4.78, 5) is 2.39. The molecule has 2 aromatic heterocycles. The number of hydrogen-bond donors (Lipinski definition) is 0. The first kappa shape index (κ1) is 45.4. The zero-order valence-corrected chi connectivity index (χ0v) is 43.5. The molecule has 1 aliphatic rings. The molecule has 0 N–H and O–H groups in total. The van der Waals surface area contributed by atoms with E-state index in [0.717, 1.165) is 45.1 Å². The fourth-order valence-corrected chi connectivity index (χ4v) is 12.7. The molecule has 0 bridgehead atoms. The lowest BCUT2D eigenvalue weighted by Crippen LogP contribution is -2.15. The Bertz CT molecular complexity index is 4600. The molecule has 0 saturated carbocycles. The van der Waals surface area contributed by atoms with Crippen molar-refractivity contribution in [2.75, 3.05) is 4.90 Å². The summed E-state index contributed by atoms with van der Waals surface area (Å²) in [5, 5.41) is 4.92. The topological polar surface area (TPSA) is 13.1 Å². The maximum atomic E-state index is 2.41. The largest absolute Gasteiger partial charge is 0.310 e. The third kappa shape index (κ3) is 7.42. The average Bonchev–Trinajstić information content (AvgIpc) is 4.12. The number of anilines is 3. The van der Waals surface area contributed by atoms with Gasteiger partial charge in [-0.25, -0.2) is 0 Å². The molecule has 1 aliphatic carbocycles. The van der Waals surface area contributed by atoms with E-state index in [0.29, 0.717) is 0 Å². The van der Waals surface area contributed by atoms with Crippen LogP contribution in [0.15, 0.2) is 285 Å². The van der Waals surface area contributed by atoms with Crippen LogP contribution in [0, 0.1) is 0 Å². The fourth-order valence-electron chi connectivity index (χ4n) is 12.7. The molecule has 3 nitrogen and oxygen atoms in total. The number of fused-ring (bicyclic) bond motifs is 9. The van der Waals surface area contributed by atoms with Crippen molar-refractivity contribution in [1.29, 1.82) is 0 Å². The van der Waals surface area contributed by atoms with E-state index >= 15 is 0 Å². The summed E-state index contributed by atoms with van der Waals surface area (Å²) in [6, 6.07) is 105. The first-order chi connectivity index (χ1) is 38.4. The van der Waals surface area contributed by atoms with Crippen molar-refractivity contribution in [3.63, 3.8) is 0 Å². The van der Waals surface area contributed by atoms with E-state index in [1.807, 2.05) is 0 Å². The number of aromatic nitrogens is 2. The molecule has 0 amide bonds. The van der Waals surface area contributed by atoms with Crippen LogP contribution in [0.1, 0.15) is 25.0 Å². The third-order valence-electron chi connectivity index (χ3n) is 16.5. The van der Waals surface area contributed by atoms with Gasteiger partial charge in [-0.05, 0) is 182 Å². The normalized spacial score (nSPS) is 12.6. The molecular weight excluding hydrogens is 943 g/mol. The summed E-state index contributed by atoms with van der Waals surface area (Å²) in [7, 11) is 0. The van der Waals surface area contributed by atoms with Crippen LogP contribution in [0.4, 0.5) is 17.1 Å². The quantitative estimate of drug-likeness (QED) is 0.140. The van der Waals surface area contributed by atoms with Gasteiger partial charge in [0.2, 0.25) is 0 Å². The van der Waals surface area contributed by atoms with Crippen LogP contribution in [0.3, 0.4) is 0 Å². The molecule has 12 aromatic carbocycles. The van der Waals surface area contributed by atoms with E-state index in [9.17, 15) is 0 Å². The lowest BCUT2D eigenvalue weighted by atomic mass is 9.82. The zero-order valence-electron chi connectivity index (χ0n) is 43.5. The highest BCUT2D eigenvalue weighted by molar-refractivity contribution is 6.12. The van der Waals surface area contributed by atoms with E-state index in [2.05, 4.69) is 313 Å². The highest BCUT2D eigenvalue weighted by Gasteiger charge is 2.35. The van der Waals surface area contributed by atoms with Crippen molar-refractivity contribution in [2.24, 2.45) is 0 Å². The Labute approximate surface area is 454 Å². The molecule has 0 aliphatic heterocycles. The Hall–Kier alpha value is -9.96. The van der Waals surface area contributed by atoms with Crippen LogP contribution >= 0.6 is 0 Å². The molecule has 0 radical (unpaired) electrons.